The first-order valence-corrected chi connectivity index (χ1v) is 4.83. The van der Waals surface area contributed by atoms with Crippen LogP contribution in [0.2, 0.25) is 0 Å². The molecule has 1 aromatic heterocycles. The van der Waals surface area contributed by atoms with Crippen molar-refractivity contribution in [3.63, 3.8) is 0 Å². The Labute approximate surface area is 95.6 Å². The number of halogens is 4. The normalized spacial score (nSPS) is 13.8. The van der Waals surface area contributed by atoms with E-state index in [9.17, 15) is 17.6 Å². The first-order valence-electron chi connectivity index (χ1n) is 4.83. The van der Waals surface area contributed by atoms with Crippen LogP contribution >= 0.6 is 0 Å². The van der Waals surface area contributed by atoms with Crippen molar-refractivity contribution in [2.45, 2.75) is 25.3 Å². The van der Waals surface area contributed by atoms with E-state index in [2.05, 4.69) is 9.72 Å². The van der Waals surface area contributed by atoms with Crippen LogP contribution < -0.4 is 10.5 Å². The lowest BCUT2D eigenvalue weighted by atomic mass is 10.1. The van der Waals surface area contributed by atoms with Crippen LogP contribution in [0.1, 0.15) is 18.5 Å². The van der Waals surface area contributed by atoms with Gasteiger partial charge in [0.15, 0.2) is 6.61 Å². The number of hydrogen-bond acceptors (Lipinski definition) is 3. The van der Waals surface area contributed by atoms with E-state index in [4.69, 9.17) is 5.73 Å². The highest BCUT2D eigenvalue weighted by Crippen LogP contribution is 2.24. The van der Waals surface area contributed by atoms with E-state index in [-0.39, 0.29) is 11.9 Å². The zero-order valence-corrected chi connectivity index (χ0v) is 9.04. The number of hydrogen-bond donors (Lipinski definition) is 1. The molecule has 1 atom stereocenters. The van der Waals surface area contributed by atoms with Crippen LogP contribution in [0, 0.1) is 0 Å². The van der Waals surface area contributed by atoms with Crippen molar-refractivity contribution in [1.29, 1.82) is 0 Å². The van der Waals surface area contributed by atoms with Gasteiger partial charge in [-0.05, 0) is 18.6 Å². The summed E-state index contributed by atoms with van der Waals surface area (Å²) in [6.45, 7) is 0.271. The second-order valence-electron chi connectivity index (χ2n) is 3.57. The number of ether oxygens (including phenoxy) is 1. The van der Waals surface area contributed by atoms with Crippen molar-refractivity contribution in [1.82, 2.24) is 4.98 Å². The van der Waals surface area contributed by atoms with E-state index in [0.717, 1.165) is 0 Å². The van der Waals surface area contributed by atoms with Crippen molar-refractivity contribution < 1.29 is 22.3 Å². The monoisotopic (exact) mass is 252 g/mol. The Kier molecular flexibility index (Phi) is 4.28. The molecule has 1 heterocycles. The average molecular weight is 252 g/mol. The Bertz CT molecular complexity index is 371. The quantitative estimate of drug-likeness (QED) is 0.818. The zero-order valence-electron chi connectivity index (χ0n) is 9.04. The van der Waals surface area contributed by atoms with E-state index < -0.39 is 19.0 Å². The SMILES string of the molecule is C[C@@H](N)c1ccnc(OCC(F)(F)C(F)F)c1. The Morgan fingerprint density at radius 3 is 2.65 bits per heavy atom. The topological polar surface area (TPSA) is 48.1 Å². The van der Waals surface area contributed by atoms with Crippen LogP contribution in [0.25, 0.3) is 0 Å². The highest BCUT2D eigenvalue weighted by molar-refractivity contribution is 5.22. The smallest absolute Gasteiger partial charge is 0.340 e. The van der Waals surface area contributed by atoms with Gasteiger partial charge in [0.25, 0.3) is 0 Å². The van der Waals surface area contributed by atoms with Gasteiger partial charge in [-0.25, -0.2) is 13.8 Å². The highest BCUT2D eigenvalue weighted by Gasteiger charge is 2.41. The maximum atomic E-state index is 12.6. The molecule has 0 aromatic carbocycles. The highest BCUT2D eigenvalue weighted by atomic mass is 19.3. The summed E-state index contributed by atoms with van der Waals surface area (Å²) in [5.74, 6) is -4.34. The summed E-state index contributed by atoms with van der Waals surface area (Å²) in [7, 11) is 0. The first kappa shape index (κ1) is 13.7. The lowest BCUT2D eigenvalue weighted by Gasteiger charge is -2.16. The summed E-state index contributed by atoms with van der Waals surface area (Å²) in [5, 5.41) is 0. The molecular weight excluding hydrogens is 240 g/mol. The summed E-state index contributed by atoms with van der Waals surface area (Å²) >= 11 is 0. The van der Waals surface area contributed by atoms with Gasteiger partial charge in [-0.2, -0.15) is 8.78 Å². The Hall–Kier alpha value is -1.37. The van der Waals surface area contributed by atoms with Crippen molar-refractivity contribution in [2.24, 2.45) is 5.73 Å². The lowest BCUT2D eigenvalue weighted by molar-refractivity contribution is -0.148. The molecular formula is C10H12F4N2O. The van der Waals surface area contributed by atoms with Crippen molar-refractivity contribution in [3.05, 3.63) is 23.9 Å². The largest absolute Gasteiger partial charge is 0.471 e. The van der Waals surface area contributed by atoms with Gasteiger partial charge in [0, 0.05) is 18.3 Å². The van der Waals surface area contributed by atoms with Crippen molar-refractivity contribution >= 4 is 0 Å². The second-order valence-corrected chi connectivity index (χ2v) is 3.57. The fourth-order valence-electron chi connectivity index (χ4n) is 1.02. The molecule has 0 aliphatic carbocycles. The molecule has 2 N–H and O–H groups in total. The van der Waals surface area contributed by atoms with Gasteiger partial charge in [-0.3, -0.25) is 0 Å². The Balaban J connectivity index is 2.67. The van der Waals surface area contributed by atoms with E-state index in [1.165, 1.54) is 12.3 Å². The third-order valence-electron chi connectivity index (χ3n) is 2.02. The van der Waals surface area contributed by atoms with Crippen LogP contribution in [0.5, 0.6) is 5.88 Å². The third-order valence-corrected chi connectivity index (χ3v) is 2.02. The number of alkyl halides is 4. The van der Waals surface area contributed by atoms with Crippen LogP contribution in [-0.4, -0.2) is 23.9 Å². The third kappa shape index (κ3) is 3.85. The van der Waals surface area contributed by atoms with Gasteiger partial charge in [0.05, 0.1) is 0 Å². The number of pyridine rings is 1. The van der Waals surface area contributed by atoms with Gasteiger partial charge in [-0.1, -0.05) is 0 Å². The molecule has 0 aliphatic heterocycles. The summed E-state index contributed by atoms with van der Waals surface area (Å²) < 4.78 is 53.4. The summed E-state index contributed by atoms with van der Waals surface area (Å²) in [4.78, 5) is 3.63. The molecule has 0 aliphatic rings. The zero-order chi connectivity index (χ0) is 13.1. The van der Waals surface area contributed by atoms with Gasteiger partial charge in [0.1, 0.15) is 0 Å². The summed E-state index contributed by atoms with van der Waals surface area (Å²) in [6, 6.07) is 2.60. The molecule has 0 spiro atoms. The van der Waals surface area contributed by atoms with Crippen LogP contribution in [0.15, 0.2) is 18.3 Å². The number of aromatic nitrogens is 1. The van der Waals surface area contributed by atoms with Gasteiger partial charge >= 0.3 is 12.3 Å². The molecule has 0 amide bonds. The summed E-state index contributed by atoms with van der Waals surface area (Å²) in [5.41, 5.74) is 6.18. The van der Waals surface area contributed by atoms with Crippen molar-refractivity contribution in [2.75, 3.05) is 6.61 Å². The molecule has 0 unspecified atom stereocenters. The van der Waals surface area contributed by atoms with E-state index in [0.29, 0.717) is 5.56 Å². The molecule has 3 nitrogen and oxygen atoms in total. The standard InChI is InChI=1S/C10H12F4N2O/c1-6(15)7-2-3-16-8(4-7)17-5-10(13,14)9(11)12/h2-4,6,9H,5,15H2,1H3/t6-/m1/s1. The van der Waals surface area contributed by atoms with Crippen LogP contribution in [-0.2, 0) is 0 Å². The first-order chi connectivity index (χ1) is 7.83. The molecule has 17 heavy (non-hydrogen) atoms. The molecule has 0 bridgehead atoms. The molecule has 7 heteroatoms. The van der Waals surface area contributed by atoms with Gasteiger partial charge in [0.2, 0.25) is 5.88 Å². The maximum absolute atomic E-state index is 12.6. The van der Waals surface area contributed by atoms with E-state index >= 15 is 0 Å². The minimum Gasteiger partial charge on any atom is -0.471 e. The van der Waals surface area contributed by atoms with Gasteiger partial charge in [-0.15, -0.1) is 0 Å². The van der Waals surface area contributed by atoms with Crippen molar-refractivity contribution in [3.8, 4) is 5.88 Å². The van der Waals surface area contributed by atoms with Crippen LogP contribution in [0.3, 0.4) is 0 Å². The molecule has 0 saturated carbocycles. The number of rotatable bonds is 5. The van der Waals surface area contributed by atoms with Gasteiger partial charge < -0.3 is 10.5 Å². The van der Waals surface area contributed by atoms with E-state index in [1.807, 2.05) is 0 Å². The fraction of sp³-hybridized carbons (Fsp3) is 0.500. The van der Waals surface area contributed by atoms with E-state index in [1.54, 1.807) is 13.0 Å². The molecule has 0 radical (unpaired) electrons. The average Bonchev–Trinajstić information content (AvgIpc) is 2.26. The number of nitrogens with two attached hydrogens (primary N) is 1. The molecule has 96 valence electrons. The Morgan fingerprint density at radius 1 is 1.47 bits per heavy atom. The molecule has 0 saturated heterocycles. The van der Waals surface area contributed by atoms with Crippen LogP contribution in [0.4, 0.5) is 17.6 Å². The molecule has 1 aromatic rings. The minimum atomic E-state index is -4.19. The lowest BCUT2D eigenvalue weighted by Crippen LogP contribution is -2.33. The maximum Gasteiger partial charge on any atom is 0.340 e. The molecule has 0 fully saturated rings. The molecule has 1 rings (SSSR count). The predicted octanol–water partition coefficient (Wildman–Crippen LogP) is 2.38. The Morgan fingerprint density at radius 2 is 2.12 bits per heavy atom. The minimum absolute atomic E-state index is 0.153. The predicted molar refractivity (Wildman–Crippen MR) is 53.3 cm³/mol. The number of nitrogens with zero attached hydrogens (tertiary/aromatic N) is 1. The second kappa shape index (κ2) is 5.31. The summed E-state index contributed by atoms with van der Waals surface area (Å²) in [6.07, 6.45) is -2.45. The fourth-order valence-corrected chi connectivity index (χ4v) is 1.02.